The summed E-state index contributed by atoms with van der Waals surface area (Å²) in [7, 11) is -4.12. The lowest BCUT2D eigenvalue weighted by Crippen LogP contribution is -2.48. The largest absolute Gasteiger partial charge is 0.350 e. The second-order valence-corrected chi connectivity index (χ2v) is 8.92. The summed E-state index contributed by atoms with van der Waals surface area (Å²) in [5.41, 5.74) is 0.238. The first kappa shape index (κ1) is 20.9. The second kappa shape index (κ2) is 8.08. The number of nitrogens with one attached hydrogen (secondary N) is 1. The first-order valence-electron chi connectivity index (χ1n) is 8.72. The van der Waals surface area contributed by atoms with Gasteiger partial charge >= 0.3 is 0 Å². The van der Waals surface area contributed by atoms with Crippen LogP contribution in [0.5, 0.6) is 0 Å². The van der Waals surface area contributed by atoms with Crippen LogP contribution in [0.3, 0.4) is 0 Å². The van der Waals surface area contributed by atoms with E-state index in [0.717, 1.165) is 9.87 Å². The molecule has 5 nitrogen and oxygen atoms in total. The number of para-hydroxylation sites is 1. The number of halogens is 1. The molecule has 1 amide bonds. The monoisotopic (exact) mass is 392 g/mol. The highest BCUT2D eigenvalue weighted by molar-refractivity contribution is 7.92. The smallest absolute Gasteiger partial charge is 0.264 e. The fourth-order valence-corrected chi connectivity index (χ4v) is 3.86. The number of aryl methyl sites for hydroxylation is 1. The maximum atomic E-state index is 14.4. The highest BCUT2D eigenvalue weighted by atomic mass is 32.2. The zero-order chi connectivity index (χ0) is 20.2. The molecule has 0 aliphatic heterocycles. The molecule has 146 valence electrons. The maximum absolute atomic E-state index is 14.4. The van der Waals surface area contributed by atoms with Crippen LogP contribution in [0.1, 0.15) is 32.8 Å². The van der Waals surface area contributed by atoms with Gasteiger partial charge in [0.2, 0.25) is 5.91 Å². The zero-order valence-electron chi connectivity index (χ0n) is 16.0. The van der Waals surface area contributed by atoms with Gasteiger partial charge in [-0.25, -0.2) is 12.8 Å². The molecule has 0 aromatic heterocycles. The van der Waals surface area contributed by atoms with Gasteiger partial charge in [0.05, 0.1) is 10.6 Å². The van der Waals surface area contributed by atoms with Crippen LogP contribution in [-0.2, 0) is 14.8 Å². The van der Waals surface area contributed by atoms with Crippen LogP contribution in [0.15, 0.2) is 53.4 Å². The quantitative estimate of drug-likeness (QED) is 0.782. The number of carbonyl (C=O) groups is 1. The standard InChI is InChI=1S/C20H25FN2O3S/c1-5-20(3,4)22-19(24)14-23(18-9-7-6-8-17(18)21)27(25,26)16-12-10-15(2)11-13-16/h6-13H,5,14H2,1-4H3,(H,22,24). The molecule has 2 aromatic carbocycles. The number of nitrogens with zero attached hydrogens (tertiary/aromatic N) is 1. The Morgan fingerprint density at radius 3 is 2.26 bits per heavy atom. The van der Waals surface area contributed by atoms with E-state index in [4.69, 9.17) is 0 Å². The van der Waals surface area contributed by atoms with Gasteiger partial charge < -0.3 is 5.32 Å². The van der Waals surface area contributed by atoms with Crippen LogP contribution in [0, 0.1) is 12.7 Å². The molecule has 0 aliphatic rings. The van der Waals surface area contributed by atoms with Crippen molar-refractivity contribution < 1.29 is 17.6 Å². The van der Waals surface area contributed by atoms with Gasteiger partial charge in [0.15, 0.2) is 0 Å². The Hall–Kier alpha value is -2.41. The predicted molar refractivity (Wildman–Crippen MR) is 105 cm³/mol. The number of rotatable bonds is 7. The van der Waals surface area contributed by atoms with E-state index in [1.807, 2.05) is 27.7 Å². The lowest BCUT2D eigenvalue weighted by Gasteiger charge is -2.28. The lowest BCUT2D eigenvalue weighted by atomic mass is 10.0. The third-order valence-electron chi connectivity index (χ3n) is 4.38. The van der Waals surface area contributed by atoms with Gasteiger partial charge in [-0.05, 0) is 51.5 Å². The molecule has 0 radical (unpaired) electrons. The van der Waals surface area contributed by atoms with Crippen molar-refractivity contribution in [2.45, 2.75) is 44.6 Å². The summed E-state index contributed by atoms with van der Waals surface area (Å²) in [4.78, 5) is 12.5. The first-order chi connectivity index (χ1) is 12.6. The van der Waals surface area contributed by atoms with Crippen LogP contribution in [0.4, 0.5) is 10.1 Å². The van der Waals surface area contributed by atoms with E-state index in [2.05, 4.69) is 5.32 Å². The van der Waals surface area contributed by atoms with Gasteiger partial charge in [0.1, 0.15) is 12.4 Å². The van der Waals surface area contributed by atoms with Crippen LogP contribution in [-0.4, -0.2) is 26.4 Å². The third-order valence-corrected chi connectivity index (χ3v) is 6.15. The first-order valence-corrected chi connectivity index (χ1v) is 10.2. The average molecular weight is 392 g/mol. The molecule has 0 aliphatic carbocycles. The lowest BCUT2D eigenvalue weighted by molar-refractivity contribution is -0.121. The number of sulfonamides is 1. The summed E-state index contributed by atoms with van der Waals surface area (Å²) < 4.78 is 41.5. The highest BCUT2D eigenvalue weighted by Gasteiger charge is 2.30. The van der Waals surface area contributed by atoms with Gasteiger partial charge in [-0.2, -0.15) is 0 Å². The Balaban J connectivity index is 2.46. The van der Waals surface area contributed by atoms with Gasteiger partial charge in [-0.15, -0.1) is 0 Å². The van der Waals surface area contributed by atoms with Crippen molar-refractivity contribution in [3.05, 3.63) is 59.9 Å². The van der Waals surface area contributed by atoms with Crippen molar-refractivity contribution in [1.29, 1.82) is 0 Å². The SMILES string of the molecule is CCC(C)(C)NC(=O)CN(c1ccccc1F)S(=O)(=O)c1ccc(C)cc1. The molecule has 0 heterocycles. The molecule has 0 atom stereocenters. The molecule has 2 rings (SSSR count). The molecule has 0 fully saturated rings. The average Bonchev–Trinajstić information content (AvgIpc) is 2.60. The molecule has 0 spiro atoms. The van der Waals surface area contributed by atoms with E-state index < -0.39 is 33.8 Å². The van der Waals surface area contributed by atoms with Crippen molar-refractivity contribution in [2.75, 3.05) is 10.8 Å². The van der Waals surface area contributed by atoms with E-state index in [9.17, 15) is 17.6 Å². The summed E-state index contributed by atoms with van der Waals surface area (Å²) in [6.45, 7) is 6.92. The Kier molecular flexibility index (Phi) is 6.26. The summed E-state index contributed by atoms with van der Waals surface area (Å²) in [6, 6.07) is 11.7. The summed E-state index contributed by atoms with van der Waals surface area (Å²) >= 11 is 0. The van der Waals surface area contributed by atoms with E-state index in [0.29, 0.717) is 6.42 Å². The zero-order valence-corrected chi connectivity index (χ0v) is 16.8. The molecule has 2 aromatic rings. The van der Waals surface area contributed by atoms with Gasteiger partial charge in [0.25, 0.3) is 10.0 Å². The van der Waals surface area contributed by atoms with Crippen molar-refractivity contribution in [3.8, 4) is 0 Å². The maximum Gasteiger partial charge on any atom is 0.264 e. The third kappa shape index (κ3) is 5.07. The van der Waals surface area contributed by atoms with E-state index >= 15 is 0 Å². The predicted octanol–water partition coefficient (Wildman–Crippen LogP) is 3.63. The van der Waals surface area contributed by atoms with Crippen LogP contribution in [0.2, 0.25) is 0 Å². The fourth-order valence-electron chi connectivity index (χ4n) is 2.43. The summed E-state index contributed by atoms with van der Waals surface area (Å²) in [6.07, 6.45) is 0.670. The summed E-state index contributed by atoms with van der Waals surface area (Å²) in [5.74, 6) is -1.21. The number of carbonyl (C=O) groups excluding carboxylic acids is 1. The number of hydrogen-bond acceptors (Lipinski definition) is 3. The van der Waals surface area contributed by atoms with Crippen molar-refractivity contribution >= 4 is 21.6 Å². The topological polar surface area (TPSA) is 66.5 Å². The second-order valence-electron chi connectivity index (χ2n) is 7.06. The van der Waals surface area contributed by atoms with Gasteiger partial charge in [-0.1, -0.05) is 36.8 Å². The number of hydrogen-bond donors (Lipinski definition) is 1. The Labute approximate surface area is 160 Å². The highest BCUT2D eigenvalue weighted by Crippen LogP contribution is 2.26. The molecule has 0 saturated heterocycles. The van der Waals surface area contributed by atoms with Gasteiger partial charge in [0, 0.05) is 5.54 Å². The molecular formula is C20H25FN2O3S. The van der Waals surface area contributed by atoms with E-state index in [1.165, 1.54) is 36.4 Å². The van der Waals surface area contributed by atoms with Crippen molar-refractivity contribution in [1.82, 2.24) is 5.32 Å². The van der Waals surface area contributed by atoms with Gasteiger partial charge in [-0.3, -0.25) is 9.10 Å². The molecule has 1 N–H and O–H groups in total. The number of anilines is 1. The van der Waals surface area contributed by atoms with Crippen molar-refractivity contribution in [3.63, 3.8) is 0 Å². The molecule has 0 saturated carbocycles. The molecule has 0 unspecified atom stereocenters. The number of amides is 1. The normalized spacial score (nSPS) is 11.9. The minimum Gasteiger partial charge on any atom is -0.350 e. The molecule has 7 heteroatoms. The molecule has 27 heavy (non-hydrogen) atoms. The minimum atomic E-state index is -4.12. The molecule has 0 bridgehead atoms. The van der Waals surface area contributed by atoms with Crippen LogP contribution >= 0.6 is 0 Å². The molecular weight excluding hydrogens is 367 g/mol. The van der Waals surface area contributed by atoms with E-state index in [-0.39, 0.29) is 10.6 Å². The van der Waals surface area contributed by atoms with Crippen LogP contribution in [0.25, 0.3) is 0 Å². The Morgan fingerprint density at radius 1 is 1.11 bits per heavy atom. The Bertz CT molecular complexity index is 909. The minimum absolute atomic E-state index is 0.00101. The fraction of sp³-hybridized carbons (Fsp3) is 0.350. The van der Waals surface area contributed by atoms with Crippen LogP contribution < -0.4 is 9.62 Å². The van der Waals surface area contributed by atoms with E-state index in [1.54, 1.807) is 12.1 Å². The summed E-state index contributed by atoms with van der Waals surface area (Å²) in [5, 5.41) is 2.79. The Morgan fingerprint density at radius 2 is 1.70 bits per heavy atom. The van der Waals surface area contributed by atoms with Crippen molar-refractivity contribution in [2.24, 2.45) is 0 Å². The number of benzene rings is 2.